The molecule has 2 heterocycles. The van der Waals surface area contributed by atoms with Crippen LogP contribution < -0.4 is 5.32 Å². The van der Waals surface area contributed by atoms with E-state index in [-0.39, 0.29) is 0 Å². The summed E-state index contributed by atoms with van der Waals surface area (Å²) in [6.07, 6.45) is 2.63. The van der Waals surface area contributed by atoms with Gasteiger partial charge >= 0.3 is 0 Å². The predicted molar refractivity (Wildman–Crippen MR) is 74.3 cm³/mol. The number of anilines is 1. The average Bonchev–Trinajstić information content (AvgIpc) is 2.84. The Morgan fingerprint density at radius 2 is 2.17 bits per heavy atom. The standard InChI is InChI=1S/C11H15N5S2/c1-4-5-12-9-7(2)10(16-8(3)15-9)17-11-13-6-14-18-11/h6H,4-5H2,1-3H3,(H,12,15,16). The molecule has 0 saturated heterocycles. The lowest BCUT2D eigenvalue weighted by Gasteiger charge is -2.11. The highest BCUT2D eigenvalue weighted by Gasteiger charge is 2.11. The van der Waals surface area contributed by atoms with Crippen molar-refractivity contribution in [1.82, 2.24) is 19.3 Å². The van der Waals surface area contributed by atoms with Crippen molar-refractivity contribution in [3.63, 3.8) is 0 Å². The summed E-state index contributed by atoms with van der Waals surface area (Å²) in [5.41, 5.74) is 1.06. The topological polar surface area (TPSA) is 63.6 Å². The first-order valence-electron chi connectivity index (χ1n) is 5.74. The second-order valence-corrected chi connectivity index (χ2v) is 5.80. The van der Waals surface area contributed by atoms with E-state index in [9.17, 15) is 0 Å². The van der Waals surface area contributed by atoms with Crippen LogP contribution in [0.1, 0.15) is 24.7 Å². The van der Waals surface area contributed by atoms with Crippen LogP contribution in [0.3, 0.4) is 0 Å². The highest BCUT2D eigenvalue weighted by atomic mass is 32.2. The van der Waals surface area contributed by atoms with Gasteiger partial charge in [-0.2, -0.15) is 4.37 Å². The Bertz CT molecular complexity index is 512. The van der Waals surface area contributed by atoms with Gasteiger partial charge < -0.3 is 5.32 Å². The van der Waals surface area contributed by atoms with E-state index in [0.29, 0.717) is 0 Å². The zero-order valence-electron chi connectivity index (χ0n) is 10.6. The van der Waals surface area contributed by atoms with Gasteiger partial charge in [0.1, 0.15) is 23.0 Å². The molecule has 0 aromatic carbocycles. The third kappa shape index (κ3) is 3.17. The molecule has 2 rings (SSSR count). The minimum Gasteiger partial charge on any atom is -0.370 e. The molecule has 96 valence electrons. The van der Waals surface area contributed by atoms with Crippen LogP contribution in [-0.2, 0) is 0 Å². The minimum absolute atomic E-state index is 0.770. The first kappa shape index (κ1) is 13.2. The second kappa shape index (κ2) is 6.10. The van der Waals surface area contributed by atoms with Gasteiger partial charge in [-0.05, 0) is 43.6 Å². The van der Waals surface area contributed by atoms with Crippen molar-refractivity contribution in [2.75, 3.05) is 11.9 Å². The predicted octanol–water partition coefficient (Wildman–Crippen LogP) is 2.92. The fourth-order valence-electron chi connectivity index (χ4n) is 1.41. The largest absolute Gasteiger partial charge is 0.370 e. The van der Waals surface area contributed by atoms with Crippen LogP contribution in [0.25, 0.3) is 0 Å². The molecule has 0 saturated carbocycles. The molecule has 0 spiro atoms. The van der Waals surface area contributed by atoms with E-state index >= 15 is 0 Å². The molecule has 0 atom stereocenters. The van der Waals surface area contributed by atoms with Gasteiger partial charge in [0.25, 0.3) is 0 Å². The normalized spacial score (nSPS) is 10.6. The molecule has 2 aromatic heterocycles. The lowest BCUT2D eigenvalue weighted by molar-refractivity contribution is 0.908. The molecule has 0 radical (unpaired) electrons. The van der Waals surface area contributed by atoms with Gasteiger partial charge in [-0.15, -0.1) is 0 Å². The van der Waals surface area contributed by atoms with Crippen LogP contribution in [0.4, 0.5) is 5.82 Å². The summed E-state index contributed by atoms with van der Waals surface area (Å²) >= 11 is 2.91. The Hall–Kier alpha value is -1.21. The maximum atomic E-state index is 4.47. The van der Waals surface area contributed by atoms with Crippen LogP contribution in [-0.4, -0.2) is 25.9 Å². The molecular weight excluding hydrogens is 266 g/mol. The van der Waals surface area contributed by atoms with Gasteiger partial charge in [-0.1, -0.05) is 6.92 Å². The van der Waals surface area contributed by atoms with E-state index in [4.69, 9.17) is 0 Å². The van der Waals surface area contributed by atoms with E-state index in [1.54, 1.807) is 6.33 Å². The smallest absolute Gasteiger partial charge is 0.176 e. The molecular formula is C11H15N5S2. The second-order valence-electron chi connectivity index (χ2n) is 3.79. The number of hydrogen-bond donors (Lipinski definition) is 1. The molecule has 18 heavy (non-hydrogen) atoms. The average molecular weight is 281 g/mol. The van der Waals surface area contributed by atoms with Crippen molar-refractivity contribution in [1.29, 1.82) is 0 Å². The minimum atomic E-state index is 0.770. The van der Waals surface area contributed by atoms with Gasteiger partial charge in [-0.25, -0.2) is 15.0 Å². The molecule has 0 fully saturated rings. The Balaban J connectivity index is 2.26. The van der Waals surface area contributed by atoms with Crippen molar-refractivity contribution in [2.24, 2.45) is 0 Å². The molecule has 0 aliphatic heterocycles. The molecule has 0 aliphatic carbocycles. The third-order valence-corrected chi connectivity index (χ3v) is 4.09. The first-order chi connectivity index (χ1) is 8.70. The molecule has 0 aliphatic rings. The van der Waals surface area contributed by atoms with Gasteiger partial charge in [0.15, 0.2) is 4.34 Å². The van der Waals surface area contributed by atoms with Crippen LogP contribution in [0.5, 0.6) is 0 Å². The highest BCUT2D eigenvalue weighted by molar-refractivity contribution is 8.00. The van der Waals surface area contributed by atoms with Crippen molar-refractivity contribution in [3.05, 3.63) is 17.7 Å². The Morgan fingerprint density at radius 1 is 1.33 bits per heavy atom. The van der Waals surface area contributed by atoms with E-state index in [0.717, 1.165) is 39.5 Å². The maximum Gasteiger partial charge on any atom is 0.176 e. The lowest BCUT2D eigenvalue weighted by atomic mass is 10.3. The Morgan fingerprint density at radius 3 is 2.83 bits per heavy atom. The summed E-state index contributed by atoms with van der Waals surface area (Å²) in [5.74, 6) is 1.68. The zero-order chi connectivity index (χ0) is 13.0. The summed E-state index contributed by atoms with van der Waals surface area (Å²) in [4.78, 5) is 13.1. The van der Waals surface area contributed by atoms with E-state index in [2.05, 4.69) is 31.6 Å². The van der Waals surface area contributed by atoms with Crippen molar-refractivity contribution >= 4 is 29.1 Å². The molecule has 2 aromatic rings. The number of hydrogen-bond acceptors (Lipinski definition) is 7. The highest BCUT2D eigenvalue weighted by Crippen LogP contribution is 2.31. The fraction of sp³-hybridized carbons (Fsp3) is 0.455. The number of nitrogens with zero attached hydrogens (tertiary/aromatic N) is 4. The Kier molecular flexibility index (Phi) is 4.48. The van der Waals surface area contributed by atoms with Crippen molar-refractivity contribution < 1.29 is 0 Å². The Labute approximate surface area is 115 Å². The van der Waals surface area contributed by atoms with Gasteiger partial charge in [-0.3, -0.25) is 0 Å². The zero-order valence-corrected chi connectivity index (χ0v) is 12.2. The molecule has 7 heteroatoms. The fourth-order valence-corrected chi connectivity index (χ4v) is 2.89. The molecule has 0 unspecified atom stereocenters. The van der Waals surface area contributed by atoms with Gasteiger partial charge in [0.2, 0.25) is 0 Å². The lowest BCUT2D eigenvalue weighted by Crippen LogP contribution is -2.07. The SMILES string of the molecule is CCCNc1nc(C)nc(Sc2ncns2)c1C. The van der Waals surface area contributed by atoms with Crippen LogP contribution in [0, 0.1) is 13.8 Å². The maximum absolute atomic E-state index is 4.47. The summed E-state index contributed by atoms with van der Waals surface area (Å²) in [6.45, 7) is 6.98. The summed E-state index contributed by atoms with van der Waals surface area (Å²) in [6, 6.07) is 0. The summed E-state index contributed by atoms with van der Waals surface area (Å²) in [7, 11) is 0. The quantitative estimate of drug-likeness (QED) is 0.850. The molecule has 0 amide bonds. The first-order valence-corrected chi connectivity index (χ1v) is 7.33. The van der Waals surface area contributed by atoms with Crippen LogP contribution in [0.2, 0.25) is 0 Å². The van der Waals surface area contributed by atoms with Crippen LogP contribution in [0.15, 0.2) is 15.7 Å². The monoisotopic (exact) mass is 281 g/mol. The van der Waals surface area contributed by atoms with Crippen molar-refractivity contribution in [3.8, 4) is 0 Å². The number of aromatic nitrogens is 4. The summed E-state index contributed by atoms with van der Waals surface area (Å²) in [5, 5.41) is 4.27. The van der Waals surface area contributed by atoms with Gasteiger partial charge in [0.05, 0.1) is 0 Å². The third-order valence-electron chi connectivity index (χ3n) is 2.28. The number of nitrogens with one attached hydrogen (secondary N) is 1. The van der Waals surface area contributed by atoms with E-state index in [1.807, 2.05) is 13.8 Å². The molecule has 5 nitrogen and oxygen atoms in total. The van der Waals surface area contributed by atoms with Crippen molar-refractivity contribution in [2.45, 2.75) is 36.6 Å². The van der Waals surface area contributed by atoms with Crippen LogP contribution >= 0.6 is 23.3 Å². The van der Waals surface area contributed by atoms with E-state index < -0.39 is 0 Å². The number of rotatable bonds is 5. The molecule has 1 N–H and O–H groups in total. The molecule has 0 bridgehead atoms. The summed E-state index contributed by atoms with van der Waals surface area (Å²) < 4.78 is 4.89. The van der Waals surface area contributed by atoms with Gasteiger partial charge in [0, 0.05) is 12.1 Å². The number of aryl methyl sites for hydroxylation is 1. The van der Waals surface area contributed by atoms with E-state index in [1.165, 1.54) is 23.3 Å².